The molecule has 2 heterocycles. The van der Waals surface area contributed by atoms with Crippen LogP contribution in [0.15, 0.2) is 66.2 Å². The molecule has 38 heavy (non-hydrogen) atoms. The number of phenolic OH excluding ortho intramolecular Hbond substituents is 1. The minimum absolute atomic E-state index is 0.0182. The second-order valence-electron chi connectivity index (χ2n) is 9.30. The van der Waals surface area contributed by atoms with Crippen LogP contribution in [0.1, 0.15) is 34.7 Å². The van der Waals surface area contributed by atoms with Gasteiger partial charge in [-0.2, -0.15) is 0 Å². The molecule has 196 valence electrons. The lowest BCUT2D eigenvalue weighted by atomic mass is 9.94. The number of aliphatic hydroxyl groups is 1. The zero-order chi connectivity index (χ0) is 26.8. The largest absolute Gasteiger partial charge is 0.508 e. The molecule has 8 nitrogen and oxygen atoms in total. The molecular formula is C30H29NO7. The van der Waals surface area contributed by atoms with Crippen molar-refractivity contribution in [3.63, 3.8) is 0 Å². The fourth-order valence-electron chi connectivity index (χ4n) is 5.06. The molecule has 8 heteroatoms. The average Bonchev–Trinajstić information content (AvgIpc) is 3.20. The number of hydrogen-bond donors (Lipinski definition) is 2. The third-order valence-corrected chi connectivity index (χ3v) is 7.02. The lowest BCUT2D eigenvalue weighted by molar-refractivity contribution is -0.139. The summed E-state index contributed by atoms with van der Waals surface area (Å²) in [6.45, 7) is 0.866. The molecule has 1 fully saturated rings. The monoisotopic (exact) mass is 515 g/mol. The van der Waals surface area contributed by atoms with Gasteiger partial charge in [-0.25, -0.2) is 0 Å². The van der Waals surface area contributed by atoms with Crippen LogP contribution < -0.4 is 14.2 Å². The normalized spacial score (nSPS) is 18.2. The van der Waals surface area contributed by atoms with Gasteiger partial charge < -0.3 is 29.3 Å². The van der Waals surface area contributed by atoms with Crippen LogP contribution in [0.5, 0.6) is 23.0 Å². The number of phenols is 1. The first-order valence-electron chi connectivity index (χ1n) is 12.5. The Morgan fingerprint density at radius 3 is 2.50 bits per heavy atom. The number of aromatic hydroxyl groups is 1. The average molecular weight is 516 g/mol. The van der Waals surface area contributed by atoms with Gasteiger partial charge in [0, 0.05) is 12.1 Å². The van der Waals surface area contributed by atoms with Gasteiger partial charge >= 0.3 is 0 Å². The Bertz CT molecular complexity index is 1410. The number of fused-ring (bicyclic) bond motifs is 1. The van der Waals surface area contributed by atoms with Gasteiger partial charge in [-0.15, -0.1) is 0 Å². The molecule has 2 aliphatic rings. The van der Waals surface area contributed by atoms with Crippen LogP contribution in [0.3, 0.4) is 0 Å². The van der Waals surface area contributed by atoms with E-state index in [1.807, 2.05) is 18.2 Å². The van der Waals surface area contributed by atoms with Gasteiger partial charge in [-0.3, -0.25) is 9.59 Å². The maximum atomic E-state index is 13.3. The highest BCUT2D eigenvalue weighted by Gasteiger charge is 2.46. The summed E-state index contributed by atoms with van der Waals surface area (Å²) in [5.74, 6) is 0.315. The first-order chi connectivity index (χ1) is 18.4. The Hall–Kier alpha value is -4.46. The maximum Gasteiger partial charge on any atom is 0.295 e. The van der Waals surface area contributed by atoms with Crippen molar-refractivity contribution in [3.8, 4) is 23.0 Å². The predicted molar refractivity (Wildman–Crippen MR) is 141 cm³/mol. The minimum Gasteiger partial charge on any atom is -0.508 e. The number of ether oxygens (including phenoxy) is 3. The number of Topliss-reactive ketones (excluding diaryl/α,β-unsaturated/α-hetero) is 1. The third kappa shape index (κ3) is 4.65. The number of ketones is 1. The molecule has 0 saturated carbocycles. The van der Waals surface area contributed by atoms with Crippen molar-refractivity contribution in [2.45, 2.75) is 25.3 Å². The van der Waals surface area contributed by atoms with Crippen molar-refractivity contribution in [2.75, 3.05) is 27.4 Å². The van der Waals surface area contributed by atoms with Gasteiger partial charge in [0.2, 0.25) is 0 Å². The topological polar surface area (TPSA) is 106 Å². The van der Waals surface area contributed by atoms with E-state index in [-0.39, 0.29) is 23.6 Å². The van der Waals surface area contributed by atoms with Gasteiger partial charge in [0.15, 0.2) is 11.5 Å². The van der Waals surface area contributed by atoms with Crippen LogP contribution in [0, 0.1) is 0 Å². The molecule has 1 unspecified atom stereocenters. The maximum absolute atomic E-state index is 13.3. The molecule has 1 amide bonds. The first kappa shape index (κ1) is 25.2. The van der Waals surface area contributed by atoms with Crippen LogP contribution in [0.25, 0.3) is 5.76 Å². The van der Waals surface area contributed by atoms with Crippen molar-refractivity contribution in [2.24, 2.45) is 0 Å². The molecule has 1 saturated heterocycles. The van der Waals surface area contributed by atoms with E-state index in [9.17, 15) is 19.8 Å². The Morgan fingerprint density at radius 2 is 1.76 bits per heavy atom. The Morgan fingerprint density at radius 1 is 1.00 bits per heavy atom. The van der Waals surface area contributed by atoms with E-state index in [4.69, 9.17) is 14.2 Å². The van der Waals surface area contributed by atoms with Crippen molar-refractivity contribution in [1.82, 2.24) is 4.90 Å². The molecule has 0 spiro atoms. The van der Waals surface area contributed by atoms with Gasteiger partial charge in [0.25, 0.3) is 11.7 Å². The summed E-state index contributed by atoms with van der Waals surface area (Å²) in [5, 5.41) is 21.2. The second-order valence-corrected chi connectivity index (χ2v) is 9.30. The highest BCUT2D eigenvalue weighted by atomic mass is 16.5. The molecule has 3 aromatic rings. The van der Waals surface area contributed by atoms with E-state index in [1.165, 1.54) is 17.0 Å². The van der Waals surface area contributed by atoms with Crippen LogP contribution in [-0.4, -0.2) is 54.2 Å². The van der Waals surface area contributed by atoms with Crippen LogP contribution >= 0.6 is 0 Å². The number of amides is 1. The quantitative estimate of drug-likeness (QED) is 0.273. The van der Waals surface area contributed by atoms with E-state index >= 15 is 0 Å². The summed E-state index contributed by atoms with van der Waals surface area (Å²) < 4.78 is 16.4. The molecule has 5 rings (SSSR count). The fourth-order valence-corrected chi connectivity index (χ4v) is 5.06. The SMILES string of the molecule is COc1ccc(CCN2C(=O)C(=O)/C(=C(\O)c3ccc4c(c3)CCCO4)C2c2ccc(O)cc2)cc1OC. The number of likely N-dealkylation sites (tertiary alicyclic amines) is 1. The number of aliphatic hydroxyl groups excluding tert-OH is 1. The van der Waals surface area contributed by atoms with Crippen molar-refractivity contribution in [3.05, 3.63) is 88.5 Å². The summed E-state index contributed by atoms with van der Waals surface area (Å²) in [7, 11) is 3.11. The number of carbonyl (C=O) groups is 2. The van der Waals surface area contributed by atoms with Gasteiger partial charge in [0.05, 0.1) is 32.4 Å². The molecule has 0 aromatic heterocycles. The summed E-state index contributed by atoms with van der Waals surface area (Å²) in [6.07, 6.45) is 2.11. The molecule has 0 radical (unpaired) electrons. The standard InChI is InChI=1S/C30H29NO7/c1-36-24-11-5-18(16-25(24)37-2)13-14-31-27(19-6-9-22(32)10-7-19)26(29(34)30(31)35)28(33)21-8-12-23-20(17-21)4-3-15-38-23/h5-12,16-17,27,32-33H,3-4,13-15H2,1-2H3/b28-26-. The van der Waals surface area contributed by atoms with E-state index in [1.54, 1.807) is 44.6 Å². The first-order valence-corrected chi connectivity index (χ1v) is 12.5. The number of benzene rings is 3. The van der Waals surface area contributed by atoms with Crippen molar-refractivity contribution >= 4 is 17.4 Å². The molecule has 0 bridgehead atoms. The Kier molecular flexibility index (Phi) is 6.96. The minimum atomic E-state index is -0.817. The number of nitrogens with zero attached hydrogens (tertiary/aromatic N) is 1. The van der Waals surface area contributed by atoms with E-state index in [2.05, 4.69) is 0 Å². The number of aryl methyl sites for hydroxylation is 1. The van der Waals surface area contributed by atoms with Gasteiger partial charge in [0.1, 0.15) is 17.3 Å². The fraction of sp³-hybridized carbons (Fsp3) is 0.267. The Balaban J connectivity index is 1.53. The number of hydrogen-bond acceptors (Lipinski definition) is 7. The summed E-state index contributed by atoms with van der Waals surface area (Å²) in [5.41, 5.74) is 2.92. The van der Waals surface area contributed by atoms with E-state index in [0.29, 0.717) is 35.7 Å². The van der Waals surface area contributed by atoms with Gasteiger partial charge in [-0.05, 0) is 78.4 Å². The van der Waals surface area contributed by atoms with Crippen LogP contribution in [0.2, 0.25) is 0 Å². The Labute approximate surface area is 220 Å². The smallest absolute Gasteiger partial charge is 0.295 e. The predicted octanol–water partition coefficient (Wildman–Crippen LogP) is 4.40. The molecule has 2 aliphatic heterocycles. The summed E-state index contributed by atoms with van der Waals surface area (Å²) >= 11 is 0. The van der Waals surface area contributed by atoms with E-state index < -0.39 is 17.7 Å². The summed E-state index contributed by atoms with van der Waals surface area (Å²) in [6, 6.07) is 16.3. The number of rotatable bonds is 7. The zero-order valence-electron chi connectivity index (χ0n) is 21.3. The lowest BCUT2D eigenvalue weighted by Gasteiger charge is -2.25. The highest BCUT2D eigenvalue weighted by Crippen LogP contribution is 2.41. The zero-order valence-corrected chi connectivity index (χ0v) is 21.3. The van der Waals surface area contributed by atoms with Gasteiger partial charge in [-0.1, -0.05) is 18.2 Å². The van der Waals surface area contributed by atoms with Crippen LogP contribution in [-0.2, 0) is 22.4 Å². The molecule has 0 aliphatic carbocycles. The molecule has 2 N–H and O–H groups in total. The van der Waals surface area contributed by atoms with Crippen molar-refractivity contribution in [1.29, 1.82) is 0 Å². The molecular weight excluding hydrogens is 486 g/mol. The van der Waals surface area contributed by atoms with E-state index in [0.717, 1.165) is 29.7 Å². The highest BCUT2D eigenvalue weighted by molar-refractivity contribution is 6.46. The van der Waals surface area contributed by atoms with Crippen LogP contribution in [0.4, 0.5) is 0 Å². The second kappa shape index (κ2) is 10.5. The summed E-state index contributed by atoms with van der Waals surface area (Å²) in [4.78, 5) is 28.1. The number of methoxy groups -OCH3 is 2. The lowest BCUT2D eigenvalue weighted by Crippen LogP contribution is -2.31. The van der Waals surface area contributed by atoms with Crippen molar-refractivity contribution < 1.29 is 34.0 Å². The third-order valence-electron chi connectivity index (χ3n) is 7.02. The molecule has 3 aromatic carbocycles. The molecule has 1 atom stereocenters. The number of carbonyl (C=O) groups excluding carboxylic acids is 2.